The highest BCUT2D eigenvalue weighted by Crippen LogP contribution is 2.30. The highest BCUT2D eigenvalue weighted by molar-refractivity contribution is 9.10. The average molecular weight is 492 g/mol. The predicted octanol–water partition coefficient (Wildman–Crippen LogP) is 6.25. The van der Waals surface area contributed by atoms with Gasteiger partial charge in [0.05, 0.1) is 16.4 Å². The van der Waals surface area contributed by atoms with Gasteiger partial charge in [-0.05, 0) is 61.4 Å². The number of fused-ring (bicyclic) bond motifs is 1. The molecular formula is C24H18BrN3O2S. The van der Waals surface area contributed by atoms with Crippen molar-refractivity contribution in [2.75, 3.05) is 5.01 Å². The molecular weight excluding hydrogens is 474 g/mol. The molecule has 0 bridgehead atoms. The molecule has 0 spiro atoms. The Kier molecular flexibility index (Phi) is 6.06. The largest absolute Gasteiger partial charge is 0.295 e. The zero-order chi connectivity index (χ0) is 22.0. The number of hydrazone groups is 1. The summed E-state index contributed by atoms with van der Waals surface area (Å²) in [6.07, 6.45) is 1.63. The number of amides is 1. The highest BCUT2D eigenvalue weighted by atomic mass is 79.9. The van der Waals surface area contributed by atoms with E-state index in [2.05, 4.69) is 26.0 Å². The third-order valence-corrected chi connectivity index (χ3v) is 6.16. The first-order valence-electron chi connectivity index (χ1n) is 9.53. The number of halogens is 1. The number of carbonyl (C=O) groups excluding carboxylic acids is 2. The zero-order valence-electron chi connectivity index (χ0n) is 16.9. The summed E-state index contributed by atoms with van der Waals surface area (Å²) < 4.78 is 1.95. The van der Waals surface area contributed by atoms with Crippen LogP contribution in [-0.2, 0) is 0 Å². The number of hydrogen-bond donors (Lipinski definition) is 0. The number of benzene rings is 3. The lowest BCUT2D eigenvalue weighted by Crippen LogP contribution is -2.25. The summed E-state index contributed by atoms with van der Waals surface area (Å²) in [5.41, 5.74) is 3.77. The summed E-state index contributed by atoms with van der Waals surface area (Å²) >= 11 is 4.82. The second kappa shape index (κ2) is 8.91. The number of rotatable bonds is 5. The number of anilines is 1. The minimum Gasteiger partial charge on any atom is -0.295 e. The van der Waals surface area contributed by atoms with Crippen LogP contribution in [0, 0.1) is 6.92 Å². The molecule has 4 rings (SSSR count). The van der Waals surface area contributed by atoms with Gasteiger partial charge in [-0.3, -0.25) is 9.59 Å². The zero-order valence-corrected chi connectivity index (χ0v) is 19.3. The number of aryl methyl sites for hydroxylation is 1. The Morgan fingerprint density at radius 3 is 2.35 bits per heavy atom. The Morgan fingerprint density at radius 1 is 1.00 bits per heavy atom. The van der Waals surface area contributed by atoms with E-state index in [1.165, 1.54) is 23.3 Å². The third-order valence-electron chi connectivity index (χ3n) is 4.64. The van der Waals surface area contributed by atoms with Crippen molar-refractivity contribution < 1.29 is 9.59 Å². The lowest BCUT2D eigenvalue weighted by atomic mass is 10.1. The van der Waals surface area contributed by atoms with Crippen LogP contribution in [-0.4, -0.2) is 22.9 Å². The third kappa shape index (κ3) is 4.78. The molecule has 0 aliphatic carbocycles. The molecule has 7 heteroatoms. The van der Waals surface area contributed by atoms with Crippen LogP contribution in [0.25, 0.3) is 10.2 Å². The van der Waals surface area contributed by atoms with Crippen molar-refractivity contribution in [2.24, 2.45) is 5.10 Å². The van der Waals surface area contributed by atoms with Crippen molar-refractivity contribution in [3.05, 3.63) is 93.5 Å². The van der Waals surface area contributed by atoms with E-state index in [4.69, 9.17) is 0 Å². The molecule has 1 heterocycles. The number of nitrogens with zero attached hydrogens (tertiary/aromatic N) is 3. The van der Waals surface area contributed by atoms with Gasteiger partial charge < -0.3 is 0 Å². The molecule has 0 aliphatic heterocycles. The molecule has 0 aliphatic rings. The smallest absolute Gasteiger partial charge is 0.280 e. The van der Waals surface area contributed by atoms with Gasteiger partial charge in [-0.15, -0.1) is 0 Å². The van der Waals surface area contributed by atoms with Gasteiger partial charge in [-0.25, -0.2) is 4.98 Å². The van der Waals surface area contributed by atoms with Crippen LogP contribution >= 0.6 is 27.3 Å². The topological polar surface area (TPSA) is 62.6 Å². The van der Waals surface area contributed by atoms with Crippen LogP contribution in [0.15, 0.2) is 76.3 Å². The Hall–Kier alpha value is -3.16. The molecule has 5 nitrogen and oxygen atoms in total. The van der Waals surface area contributed by atoms with Gasteiger partial charge in [0.25, 0.3) is 5.91 Å². The van der Waals surface area contributed by atoms with Gasteiger partial charge in [0.2, 0.25) is 5.13 Å². The van der Waals surface area contributed by atoms with E-state index < -0.39 is 0 Å². The molecule has 1 aromatic heterocycles. The SMILES string of the molecule is CC(=O)c1ccc(C(=O)N(/N=C/c2ccc(Br)cc2)c2nc3ccc(C)cc3s2)cc1. The second-order valence-corrected chi connectivity index (χ2v) is 8.94. The molecule has 0 fully saturated rings. The summed E-state index contributed by atoms with van der Waals surface area (Å²) in [4.78, 5) is 29.5. The molecule has 31 heavy (non-hydrogen) atoms. The van der Waals surface area contributed by atoms with Crippen molar-refractivity contribution in [1.29, 1.82) is 0 Å². The summed E-state index contributed by atoms with van der Waals surface area (Å²) in [5, 5.41) is 6.26. The van der Waals surface area contributed by atoms with Gasteiger partial charge in [0.15, 0.2) is 5.78 Å². The van der Waals surface area contributed by atoms with Gasteiger partial charge in [-0.1, -0.05) is 57.6 Å². The highest BCUT2D eigenvalue weighted by Gasteiger charge is 2.21. The van der Waals surface area contributed by atoms with Crippen LogP contribution in [0.1, 0.15) is 38.8 Å². The maximum absolute atomic E-state index is 13.3. The van der Waals surface area contributed by atoms with Crippen LogP contribution in [0.2, 0.25) is 0 Å². The normalized spacial score (nSPS) is 11.2. The molecule has 0 radical (unpaired) electrons. The summed E-state index contributed by atoms with van der Waals surface area (Å²) in [6.45, 7) is 3.51. The van der Waals surface area contributed by atoms with Crippen LogP contribution < -0.4 is 5.01 Å². The van der Waals surface area contributed by atoms with Gasteiger partial charge in [0.1, 0.15) is 0 Å². The minimum atomic E-state index is -0.320. The minimum absolute atomic E-state index is 0.0503. The van der Waals surface area contributed by atoms with E-state index in [1.807, 2.05) is 49.4 Å². The maximum atomic E-state index is 13.3. The van der Waals surface area contributed by atoms with Crippen molar-refractivity contribution >= 4 is 60.5 Å². The molecule has 4 aromatic rings. The molecule has 1 amide bonds. The quantitative estimate of drug-likeness (QED) is 0.188. The lowest BCUT2D eigenvalue weighted by molar-refractivity contribution is 0.0983. The Bertz CT molecular complexity index is 1290. The monoisotopic (exact) mass is 491 g/mol. The Morgan fingerprint density at radius 2 is 1.68 bits per heavy atom. The first kappa shape index (κ1) is 21.1. The number of Topliss-reactive ketones (excluding diaryl/α,β-unsaturated/α-hetero) is 1. The molecule has 0 saturated carbocycles. The number of hydrogen-bond acceptors (Lipinski definition) is 5. The van der Waals surface area contributed by atoms with E-state index >= 15 is 0 Å². The Balaban J connectivity index is 1.74. The van der Waals surface area contributed by atoms with E-state index in [-0.39, 0.29) is 11.7 Å². The first-order valence-corrected chi connectivity index (χ1v) is 11.1. The number of thiazole rings is 1. The molecule has 154 valence electrons. The van der Waals surface area contributed by atoms with Crippen LogP contribution in [0.4, 0.5) is 5.13 Å². The fourth-order valence-corrected chi connectivity index (χ4v) is 4.23. The fraction of sp³-hybridized carbons (Fsp3) is 0.0833. The molecule has 0 N–H and O–H groups in total. The predicted molar refractivity (Wildman–Crippen MR) is 129 cm³/mol. The standard InChI is InChI=1S/C24H18BrN3O2S/c1-15-3-12-21-22(13-15)31-24(27-21)28(26-14-17-4-10-20(25)11-5-17)23(30)19-8-6-18(7-9-19)16(2)29/h3-14H,1-2H3/b26-14+. The van der Waals surface area contributed by atoms with Crippen LogP contribution in [0.5, 0.6) is 0 Å². The van der Waals surface area contributed by atoms with Crippen molar-refractivity contribution in [2.45, 2.75) is 13.8 Å². The maximum Gasteiger partial charge on any atom is 0.280 e. The van der Waals surface area contributed by atoms with Crippen molar-refractivity contribution in [3.8, 4) is 0 Å². The van der Waals surface area contributed by atoms with Crippen molar-refractivity contribution in [1.82, 2.24) is 4.98 Å². The summed E-state index contributed by atoms with van der Waals surface area (Å²) in [7, 11) is 0. The molecule has 0 atom stereocenters. The molecule has 0 saturated heterocycles. The fourth-order valence-electron chi connectivity index (χ4n) is 2.94. The van der Waals surface area contributed by atoms with Crippen molar-refractivity contribution in [3.63, 3.8) is 0 Å². The van der Waals surface area contributed by atoms with Crippen LogP contribution in [0.3, 0.4) is 0 Å². The Labute approximate surface area is 192 Å². The molecule has 0 unspecified atom stereocenters. The van der Waals surface area contributed by atoms with Gasteiger partial charge in [-0.2, -0.15) is 10.1 Å². The first-order chi connectivity index (χ1) is 14.9. The van der Waals surface area contributed by atoms with Gasteiger partial charge in [0, 0.05) is 15.6 Å². The van der Waals surface area contributed by atoms with E-state index in [9.17, 15) is 9.59 Å². The average Bonchev–Trinajstić information content (AvgIpc) is 3.17. The van der Waals surface area contributed by atoms with Gasteiger partial charge >= 0.3 is 0 Å². The lowest BCUT2D eigenvalue weighted by Gasteiger charge is -2.14. The number of aromatic nitrogens is 1. The van der Waals surface area contributed by atoms with E-state index in [0.29, 0.717) is 16.3 Å². The summed E-state index contributed by atoms with van der Waals surface area (Å²) in [6, 6.07) is 20.2. The second-order valence-electron chi connectivity index (χ2n) is 7.01. The van der Waals surface area contributed by atoms with E-state index in [1.54, 1.807) is 30.5 Å². The summed E-state index contributed by atoms with van der Waals surface area (Å²) in [5.74, 6) is -0.370. The molecule has 3 aromatic carbocycles. The number of ketones is 1. The van der Waals surface area contributed by atoms with E-state index in [0.717, 1.165) is 25.8 Å². The number of carbonyl (C=O) groups is 2.